The first-order chi connectivity index (χ1) is 12.5. The summed E-state index contributed by atoms with van der Waals surface area (Å²) in [6, 6.07) is 14.9. The van der Waals surface area contributed by atoms with Gasteiger partial charge in [0.05, 0.1) is 11.4 Å². The lowest BCUT2D eigenvalue weighted by atomic mass is 10.1. The van der Waals surface area contributed by atoms with Crippen LogP contribution >= 0.6 is 0 Å². The molecule has 0 spiro atoms. The first kappa shape index (κ1) is 16.6. The Labute approximate surface area is 154 Å². The van der Waals surface area contributed by atoms with E-state index in [2.05, 4.69) is 75.6 Å². The standard InChI is InChI=1S/C22H24N4/c1-14-11-15(2)20(16(3)12-14)26-22-21(17(4)24-26)25(18(5)23-22)13-19-9-7-6-8-10-19/h6-12H,13H2,1-5H3. The van der Waals surface area contributed by atoms with Crippen LogP contribution in [-0.2, 0) is 6.54 Å². The van der Waals surface area contributed by atoms with Gasteiger partial charge in [0.25, 0.3) is 0 Å². The van der Waals surface area contributed by atoms with Crippen LogP contribution in [0.2, 0.25) is 0 Å². The molecule has 4 aromatic rings. The Morgan fingerprint density at radius 2 is 1.54 bits per heavy atom. The fourth-order valence-electron chi connectivity index (χ4n) is 3.92. The maximum atomic E-state index is 4.87. The van der Waals surface area contributed by atoms with Gasteiger partial charge in [-0.3, -0.25) is 0 Å². The highest BCUT2D eigenvalue weighted by molar-refractivity contribution is 5.78. The number of imidazole rings is 1. The zero-order chi connectivity index (χ0) is 18.4. The van der Waals surface area contributed by atoms with Gasteiger partial charge in [-0.15, -0.1) is 0 Å². The van der Waals surface area contributed by atoms with Crippen molar-refractivity contribution < 1.29 is 0 Å². The van der Waals surface area contributed by atoms with Crippen LogP contribution in [0.5, 0.6) is 0 Å². The number of hydrogen-bond donors (Lipinski definition) is 0. The Morgan fingerprint density at radius 3 is 2.19 bits per heavy atom. The van der Waals surface area contributed by atoms with E-state index in [9.17, 15) is 0 Å². The SMILES string of the molecule is Cc1cc(C)c(-n2nc(C)c3c2nc(C)n3Cc2ccccc2)c(C)c1. The van der Waals surface area contributed by atoms with E-state index in [4.69, 9.17) is 10.1 Å². The smallest absolute Gasteiger partial charge is 0.181 e. The van der Waals surface area contributed by atoms with Crippen LogP contribution in [0, 0.1) is 34.6 Å². The fraction of sp³-hybridized carbons (Fsp3) is 0.273. The number of aromatic nitrogens is 4. The molecule has 0 aliphatic carbocycles. The molecule has 132 valence electrons. The monoisotopic (exact) mass is 344 g/mol. The summed E-state index contributed by atoms with van der Waals surface area (Å²) in [5.41, 5.74) is 9.19. The molecule has 0 fully saturated rings. The molecular weight excluding hydrogens is 320 g/mol. The highest BCUT2D eigenvalue weighted by Gasteiger charge is 2.19. The molecule has 4 heteroatoms. The Hall–Kier alpha value is -2.88. The third-order valence-electron chi connectivity index (χ3n) is 4.96. The summed E-state index contributed by atoms with van der Waals surface area (Å²) in [5, 5.41) is 4.85. The van der Waals surface area contributed by atoms with E-state index in [1.54, 1.807) is 0 Å². The molecule has 0 atom stereocenters. The number of fused-ring (bicyclic) bond motifs is 1. The van der Waals surface area contributed by atoms with Gasteiger partial charge in [0.2, 0.25) is 0 Å². The second-order valence-electron chi connectivity index (χ2n) is 7.15. The first-order valence-electron chi connectivity index (χ1n) is 9.00. The summed E-state index contributed by atoms with van der Waals surface area (Å²) in [5.74, 6) is 1.01. The van der Waals surface area contributed by atoms with Crippen molar-refractivity contribution in [2.45, 2.75) is 41.2 Å². The van der Waals surface area contributed by atoms with Crippen molar-refractivity contribution in [1.82, 2.24) is 19.3 Å². The highest BCUT2D eigenvalue weighted by atomic mass is 15.3. The van der Waals surface area contributed by atoms with E-state index in [0.717, 1.165) is 34.9 Å². The minimum atomic E-state index is 0.807. The van der Waals surface area contributed by atoms with Crippen LogP contribution < -0.4 is 0 Å². The lowest BCUT2D eigenvalue weighted by molar-refractivity contribution is 0.774. The Kier molecular flexibility index (Phi) is 3.91. The average molecular weight is 344 g/mol. The van der Waals surface area contributed by atoms with Gasteiger partial charge in [0, 0.05) is 6.54 Å². The molecule has 2 aromatic carbocycles. The molecule has 0 unspecified atom stereocenters. The second kappa shape index (κ2) is 6.13. The summed E-state index contributed by atoms with van der Waals surface area (Å²) >= 11 is 0. The van der Waals surface area contributed by atoms with Gasteiger partial charge in [-0.2, -0.15) is 5.10 Å². The Bertz CT molecular complexity index is 1080. The first-order valence-corrected chi connectivity index (χ1v) is 9.00. The van der Waals surface area contributed by atoms with Crippen molar-refractivity contribution in [1.29, 1.82) is 0 Å². The van der Waals surface area contributed by atoms with Gasteiger partial charge in [-0.25, -0.2) is 9.67 Å². The topological polar surface area (TPSA) is 35.6 Å². The minimum absolute atomic E-state index is 0.807. The molecular formula is C22H24N4. The normalized spacial score (nSPS) is 11.4. The molecule has 0 aliphatic rings. The maximum Gasteiger partial charge on any atom is 0.181 e. The maximum absolute atomic E-state index is 4.87. The zero-order valence-corrected chi connectivity index (χ0v) is 16.0. The van der Waals surface area contributed by atoms with E-state index in [1.807, 2.05) is 10.7 Å². The summed E-state index contributed by atoms with van der Waals surface area (Å²) in [6.07, 6.45) is 0. The molecule has 4 rings (SSSR count). The van der Waals surface area contributed by atoms with E-state index >= 15 is 0 Å². The van der Waals surface area contributed by atoms with Gasteiger partial charge in [0.1, 0.15) is 11.3 Å². The molecule has 2 heterocycles. The predicted molar refractivity (Wildman–Crippen MR) is 106 cm³/mol. The predicted octanol–water partition coefficient (Wildman–Crippen LogP) is 4.81. The summed E-state index contributed by atoms with van der Waals surface area (Å²) in [4.78, 5) is 4.87. The number of benzene rings is 2. The minimum Gasteiger partial charge on any atom is -0.321 e. The van der Waals surface area contributed by atoms with Crippen LogP contribution in [0.15, 0.2) is 42.5 Å². The van der Waals surface area contributed by atoms with Crippen LogP contribution in [-0.4, -0.2) is 19.3 Å². The molecule has 2 aromatic heterocycles. The lowest BCUT2D eigenvalue weighted by Gasteiger charge is -2.11. The number of aryl methyl sites for hydroxylation is 5. The molecule has 0 radical (unpaired) electrons. The Balaban J connectivity index is 1.92. The second-order valence-corrected chi connectivity index (χ2v) is 7.15. The fourth-order valence-corrected chi connectivity index (χ4v) is 3.92. The highest BCUT2D eigenvalue weighted by Crippen LogP contribution is 2.27. The molecule has 4 nitrogen and oxygen atoms in total. The van der Waals surface area contributed by atoms with Crippen LogP contribution in [0.4, 0.5) is 0 Å². The molecule has 0 saturated carbocycles. The van der Waals surface area contributed by atoms with E-state index in [0.29, 0.717) is 0 Å². The zero-order valence-electron chi connectivity index (χ0n) is 16.0. The van der Waals surface area contributed by atoms with E-state index < -0.39 is 0 Å². The number of hydrogen-bond acceptors (Lipinski definition) is 2. The van der Waals surface area contributed by atoms with Crippen molar-refractivity contribution in [2.24, 2.45) is 0 Å². The molecule has 0 aliphatic heterocycles. The summed E-state index contributed by atoms with van der Waals surface area (Å²) in [7, 11) is 0. The van der Waals surface area contributed by atoms with Crippen molar-refractivity contribution in [3.05, 3.63) is 76.2 Å². The average Bonchev–Trinajstić information content (AvgIpc) is 3.06. The van der Waals surface area contributed by atoms with Crippen molar-refractivity contribution in [2.75, 3.05) is 0 Å². The van der Waals surface area contributed by atoms with Crippen LogP contribution in [0.1, 0.15) is 33.8 Å². The molecule has 0 bridgehead atoms. The largest absolute Gasteiger partial charge is 0.321 e. The van der Waals surface area contributed by atoms with Crippen molar-refractivity contribution in [3.8, 4) is 5.69 Å². The van der Waals surface area contributed by atoms with Gasteiger partial charge in [-0.1, -0.05) is 48.0 Å². The third-order valence-corrected chi connectivity index (χ3v) is 4.96. The molecule has 0 saturated heterocycles. The van der Waals surface area contributed by atoms with Crippen LogP contribution in [0.3, 0.4) is 0 Å². The number of nitrogens with zero attached hydrogens (tertiary/aromatic N) is 4. The van der Waals surface area contributed by atoms with Gasteiger partial charge in [-0.05, 0) is 51.3 Å². The number of rotatable bonds is 3. The van der Waals surface area contributed by atoms with Gasteiger partial charge >= 0.3 is 0 Å². The molecule has 0 amide bonds. The molecule has 26 heavy (non-hydrogen) atoms. The third kappa shape index (κ3) is 2.62. The van der Waals surface area contributed by atoms with Gasteiger partial charge < -0.3 is 4.57 Å². The lowest BCUT2D eigenvalue weighted by Crippen LogP contribution is -2.04. The Morgan fingerprint density at radius 1 is 0.885 bits per heavy atom. The molecule has 0 N–H and O–H groups in total. The van der Waals surface area contributed by atoms with Crippen molar-refractivity contribution >= 4 is 11.2 Å². The summed E-state index contributed by atoms with van der Waals surface area (Å²) in [6.45, 7) is 11.4. The summed E-state index contributed by atoms with van der Waals surface area (Å²) < 4.78 is 4.28. The van der Waals surface area contributed by atoms with Gasteiger partial charge in [0.15, 0.2) is 5.65 Å². The van der Waals surface area contributed by atoms with Crippen molar-refractivity contribution in [3.63, 3.8) is 0 Å². The van der Waals surface area contributed by atoms with E-state index in [-0.39, 0.29) is 0 Å². The quantitative estimate of drug-likeness (QED) is 0.534. The van der Waals surface area contributed by atoms with Crippen LogP contribution in [0.25, 0.3) is 16.9 Å². The van der Waals surface area contributed by atoms with E-state index in [1.165, 1.54) is 22.3 Å².